The van der Waals surface area contributed by atoms with E-state index in [0.717, 1.165) is 0 Å². The van der Waals surface area contributed by atoms with E-state index in [1.807, 2.05) is 0 Å². The first-order valence-corrected chi connectivity index (χ1v) is 3.55. The number of allylic oxidation sites excluding steroid dienone is 1. The van der Waals surface area contributed by atoms with E-state index >= 15 is 0 Å². The summed E-state index contributed by atoms with van der Waals surface area (Å²) in [6.07, 6.45) is 4.23. The molecule has 0 amide bonds. The smallest absolute Gasteiger partial charge is 0.277 e. The zero-order valence-electron chi connectivity index (χ0n) is 5.77. The lowest BCUT2D eigenvalue weighted by atomic mass is 10.0. The van der Waals surface area contributed by atoms with Gasteiger partial charge in [0.05, 0.1) is 5.92 Å². The van der Waals surface area contributed by atoms with E-state index in [0.29, 0.717) is 6.42 Å². The molecule has 0 heterocycles. The molecule has 0 unspecified atom stereocenters. The SMILES string of the molecule is O=C1[C@H]2C=C[C@H](C2)[C@H]1[N+](=O)[O-]. The number of nitro groups is 1. The standard InChI is InChI=1S/C7H7NO3/c9-7-5-2-1-4(3-5)6(7)8(10)11/h1-2,4-6H,3H2/t4-,5+,6-/m1/s1. The number of Topliss-reactive ketones (excluding diaryl/α,β-unsaturated/α-hetero) is 1. The average molecular weight is 153 g/mol. The van der Waals surface area contributed by atoms with Crippen LogP contribution in [0.3, 0.4) is 0 Å². The van der Waals surface area contributed by atoms with Crippen LogP contribution in [0.15, 0.2) is 12.2 Å². The summed E-state index contributed by atoms with van der Waals surface area (Å²) in [5, 5.41) is 10.4. The lowest BCUT2D eigenvalue weighted by molar-refractivity contribution is -0.511. The van der Waals surface area contributed by atoms with Crippen molar-refractivity contribution >= 4 is 5.78 Å². The molecule has 4 nitrogen and oxygen atoms in total. The maximum Gasteiger partial charge on any atom is 0.277 e. The Morgan fingerprint density at radius 1 is 1.55 bits per heavy atom. The molecule has 2 rings (SSSR count). The van der Waals surface area contributed by atoms with Crippen molar-refractivity contribution < 1.29 is 9.72 Å². The normalized spacial score (nSPS) is 40.0. The van der Waals surface area contributed by atoms with Gasteiger partial charge in [0.25, 0.3) is 6.04 Å². The van der Waals surface area contributed by atoms with Gasteiger partial charge in [0.2, 0.25) is 5.78 Å². The van der Waals surface area contributed by atoms with Gasteiger partial charge in [-0.3, -0.25) is 14.9 Å². The molecule has 0 spiro atoms. The topological polar surface area (TPSA) is 60.2 Å². The minimum atomic E-state index is -0.940. The summed E-state index contributed by atoms with van der Waals surface area (Å²) in [4.78, 5) is 21.0. The molecule has 58 valence electrons. The van der Waals surface area contributed by atoms with Crippen molar-refractivity contribution in [3.63, 3.8) is 0 Å². The second-order valence-electron chi connectivity index (χ2n) is 3.02. The largest absolute Gasteiger partial charge is 0.291 e. The maximum absolute atomic E-state index is 11.1. The zero-order valence-corrected chi connectivity index (χ0v) is 5.77. The van der Waals surface area contributed by atoms with E-state index in [-0.39, 0.29) is 17.6 Å². The third-order valence-corrected chi connectivity index (χ3v) is 2.41. The lowest BCUT2D eigenvalue weighted by Crippen LogP contribution is -2.32. The van der Waals surface area contributed by atoms with Crippen LogP contribution in [0.4, 0.5) is 0 Å². The average Bonchev–Trinajstić information content (AvgIpc) is 2.44. The molecule has 0 saturated heterocycles. The van der Waals surface area contributed by atoms with E-state index in [9.17, 15) is 14.9 Å². The van der Waals surface area contributed by atoms with Crippen molar-refractivity contribution in [3.05, 3.63) is 22.3 Å². The number of carbonyl (C=O) groups is 1. The quantitative estimate of drug-likeness (QED) is 0.311. The molecule has 4 heteroatoms. The molecule has 11 heavy (non-hydrogen) atoms. The second kappa shape index (κ2) is 1.90. The van der Waals surface area contributed by atoms with Gasteiger partial charge in [0.1, 0.15) is 0 Å². The molecule has 0 aromatic carbocycles. The monoisotopic (exact) mass is 153 g/mol. The van der Waals surface area contributed by atoms with Gasteiger partial charge in [-0.25, -0.2) is 0 Å². The molecule has 0 aromatic heterocycles. The highest BCUT2D eigenvalue weighted by atomic mass is 16.6. The van der Waals surface area contributed by atoms with Crippen molar-refractivity contribution in [1.29, 1.82) is 0 Å². The lowest BCUT2D eigenvalue weighted by Gasteiger charge is -2.07. The number of hydrogen-bond donors (Lipinski definition) is 0. The van der Waals surface area contributed by atoms with E-state index in [4.69, 9.17) is 0 Å². The fourth-order valence-electron chi connectivity index (χ4n) is 1.86. The molecule has 1 saturated carbocycles. The summed E-state index contributed by atoms with van der Waals surface area (Å²) in [5.74, 6) is -0.486. The first-order valence-electron chi connectivity index (χ1n) is 3.55. The van der Waals surface area contributed by atoms with Crippen LogP contribution < -0.4 is 0 Å². The summed E-state index contributed by atoms with van der Waals surface area (Å²) in [6.45, 7) is 0. The number of carbonyl (C=O) groups excluding carboxylic acids is 1. The third kappa shape index (κ3) is 0.721. The Bertz CT molecular complexity index is 258. The molecule has 0 aliphatic heterocycles. The number of rotatable bonds is 1. The predicted molar refractivity (Wildman–Crippen MR) is 36.5 cm³/mol. The summed E-state index contributed by atoms with van der Waals surface area (Å²) >= 11 is 0. The van der Waals surface area contributed by atoms with Crippen molar-refractivity contribution in [2.45, 2.75) is 12.5 Å². The Kier molecular flexibility index (Phi) is 1.13. The summed E-state index contributed by atoms with van der Waals surface area (Å²) in [5.41, 5.74) is 0. The minimum Gasteiger partial charge on any atom is -0.291 e. The number of hydrogen-bond acceptors (Lipinski definition) is 3. The molecule has 0 radical (unpaired) electrons. The zero-order chi connectivity index (χ0) is 8.01. The highest BCUT2D eigenvalue weighted by Gasteiger charge is 2.51. The second-order valence-corrected chi connectivity index (χ2v) is 3.02. The van der Waals surface area contributed by atoms with Gasteiger partial charge in [-0.2, -0.15) is 0 Å². The number of fused-ring (bicyclic) bond motifs is 2. The highest BCUT2D eigenvalue weighted by molar-refractivity contribution is 5.90. The van der Waals surface area contributed by atoms with Gasteiger partial charge in [-0.1, -0.05) is 12.2 Å². The number of ketones is 1. The van der Waals surface area contributed by atoms with Crippen LogP contribution in [0.1, 0.15) is 6.42 Å². The van der Waals surface area contributed by atoms with Crippen LogP contribution in [0.5, 0.6) is 0 Å². The van der Waals surface area contributed by atoms with Crippen LogP contribution >= 0.6 is 0 Å². The van der Waals surface area contributed by atoms with Crippen LogP contribution in [-0.4, -0.2) is 16.7 Å². The molecule has 2 bridgehead atoms. The van der Waals surface area contributed by atoms with Crippen LogP contribution in [-0.2, 0) is 4.79 Å². The summed E-state index contributed by atoms with van der Waals surface area (Å²) < 4.78 is 0. The third-order valence-electron chi connectivity index (χ3n) is 2.41. The first kappa shape index (κ1) is 6.52. The first-order chi connectivity index (χ1) is 5.20. The molecular formula is C7H7NO3. The molecule has 2 aliphatic carbocycles. The Morgan fingerprint density at radius 2 is 2.27 bits per heavy atom. The van der Waals surface area contributed by atoms with E-state index in [1.54, 1.807) is 12.2 Å². The Hall–Kier alpha value is -1.19. The Labute approximate surface area is 63.0 Å². The van der Waals surface area contributed by atoms with Crippen molar-refractivity contribution in [3.8, 4) is 0 Å². The van der Waals surface area contributed by atoms with Gasteiger partial charge in [0, 0.05) is 10.8 Å². The highest BCUT2D eigenvalue weighted by Crippen LogP contribution is 2.37. The molecule has 0 N–H and O–H groups in total. The van der Waals surface area contributed by atoms with Crippen molar-refractivity contribution in [2.75, 3.05) is 0 Å². The Morgan fingerprint density at radius 3 is 2.64 bits per heavy atom. The maximum atomic E-state index is 11.1. The fraction of sp³-hybridized carbons (Fsp3) is 0.571. The summed E-state index contributed by atoms with van der Waals surface area (Å²) in [6, 6.07) is -0.940. The Balaban J connectivity index is 2.32. The minimum absolute atomic E-state index is 0.123. The van der Waals surface area contributed by atoms with E-state index in [1.165, 1.54) is 0 Å². The van der Waals surface area contributed by atoms with Gasteiger partial charge < -0.3 is 0 Å². The predicted octanol–water partition coefficient (Wildman–Crippen LogP) is 0.407. The van der Waals surface area contributed by atoms with Crippen LogP contribution in [0.25, 0.3) is 0 Å². The van der Waals surface area contributed by atoms with E-state index < -0.39 is 11.0 Å². The summed E-state index contributed by atoms with van der Waals surface area (Å²) in [7, 11) is 0. The molecule has 1 fully saturated rings. The van der Waals surface area contributed by atoms with Gasteiger partial charge in [-0.05, 0) is 6.42 Å². The van der Waals surface area contributed by atoms with E-state index in [2.05, 4.69) is 0 Å². The fourth-order valence-corrected chi connectivity index (χ4v) is 1.86. The van der Waals surface area contributed by atoms with Gasteiger partial charge >= 0.3 is 0 Å². The molecule has 0 aromatic rings. The molecule has 2 aliphatic rings. The van der Waals surface area contributed by atoms with Gasteiger partial charge in [0.15, 0.2) is 0 Å². The van der Waals surface area contributed by atoms with Gasteiger partial charge in [-0.15, -0.1) is 0 Å². The van der Waals surface area contributed by atoms with Crippen LogP contribution in [0.2, 0.25) is 0 Å². The van der Waals surface area contributed by atoms with Crippen molar-refractivity contribution in [2.24, 2.45) is 11.8 Å². The molecule has 3 atom stereocenters. The van der Waals surface area contributed by atoms with Crippen LogP contribution in [0, 0.1) is 22.0 Å². The molecular weight excluding hydrogens is 146 g/mol. The van der Waals surface area contributed by atoms with Crippen molar-refractivity contribution in [1.82, 2.24) is 0 Å². The number of nitrogens with zero attached hydrogens (tertiary/aromatic N) is 1.